The van der Waals surface area contributed by atoms with Crippen molar-refractivity contribution in [2.75, 3.05) is 33.2 Å². The Kier molecular flexibility index (Phi) is 10.5. The van der Waals surface area contributed by atoms with Crippen molar-refractivity contribution in [2.45, 2.75) is 32.0 Å². The van der Waals surface area contributed by atoms with E-state index in [1.807, 2.05) is 6.92 Å². The summed E-state index contributed by atoms with van der Waals surface area (Å²) in [5.74, 6) is 6.25. The van der Waals surface area contributed by atoms with Crippen molar-refractivity contribution in [3.63, 3.8) is 0 Å². The van der Waals surface area contributed by atoms with Gasteiger partial charge < -0.3 is 10.6 Å². The van der Waals surface area contributed by atoms with Gasteiger partial charge in [0.2, 0.25) is 0 Å². The summed E-state index contributed by atoms with van der Waals surface area (Å²) in [6, 6.07) is 5.36. The molecule has 1 aromatic carbocycles. The smallest absolute Gasteiger partial charge is 0.354 e. The second kappa shape index (κ2) is 12.1. The van der Waals surface area contributed by atoms with Crippen LogP contribution in [0.5, 0.6) is 0 Å². The van der Waals surface area contributed by atoms with Crippen molar-refractivity contribution in [3.8, 4) is 11.8 Å². The number of halogens is 4. The van der Waals surface area contributed by atoms with E-state index in [1.165, 1.54) is 11.6 Å². The van der Waals surface area contributed by atoms with Crippen molar-refractivity contribution in [1.29, 1.82) is 0 Å². The van der Waals surface area contributed by atoms with Gasteiger partial charge in [0.25, 0.3) is 0 Å². The molecule has 0 amide bonds. The summed E-state index contributed by atoms with van der Waals surface area (Å²) in [5, 5.41) is 6.47. The molecule has 0 bridgehead atoms. The van der Waals surface area contributed by atoms with E-state index in [2.05, 4.69) is 38.9 Å². The zero-order chi connectivity index (χ0) is 20.6. The third kappa shape index (κ3) is 9.09. The molecule has 0 saturated carbocycles. The highest BCUT2D eigenvalue weighted by Gasteiger charge is 2.30. The molecule has 29 heavy (non-hydrogen) atoms. The topological polar surface area (TPSA) is 39.7 Å². The number of benzene rings is 1. The number of nitrogens with zero attached hydrogens (tertiary/aromatic N) is 2. The molecule has 2 N–H and O–H groups in total. The van der Waals surface area contributed by atoms with Gasteiger partial charge in [0, 0.05) is 38.3 Å². The lowest BCUT2D eigenvalue weighted by atomic mass is 10.0. The molecule has 0 atom stereocenters. The van der Waals surface area contributed by atoms with Gasteiger partial charge in [-0.1, -0.05) is 30.1 Å². The summed E-state index contributed by atoms with van der Waals surface area (Å²) >= 11 is 0. The van der Waals surface area contributed by atoms with Crippen LogP contribution in [-0.2, 0) is 6.18 Å². The van der Waals surface area contributed by atoms with Crippen molar-refractivity contribution < 1.29 is 13.2 Å². The summed E-state index contributed by atoms with van der Waals surface area (Å²) in [7, 11) is 1.69. The minimum absolute atomic E-state index is 0. The first kappa shape index (κ1) is 25.3. The third-order valence-corrected chi connectivity index (χ3v) is 4.41. The Hall–Kier alpha value is -1.73. The summed E-state index contributed by atoms with van der Waals surface area (Å²) in [6.07, 6.45) is -2.32. The van der Waals surface area contributed by atoms with E-state index in [0.29, 0.717) is 24.1 Å². The molecule has 1 fully saturated rings. The number of hydrogen-bond acceptors (Lipinski definition) is 2. The number of alkyl halides is 3. The molecule has 2 rings (SSSR count). The highest BCUT2D eigenvalue weighted by atomic mass is 127. The molecule has 1 saturated heterocycles. The Morgan fingerprint density at radius 2 is 2.00 bits per heavy atom. The maximum Gasteiger partial charge on any atom is 0.416 e. The average molecular weight is 520 g/mol. The Morgan fingerprint density at radius 1 is 1.31 bits per heavy atom. The molecule has 0 aliphatic carbocycles. The molecule has 8 heteroatoms. The van der Waals surface area contributed by atoms with E-state index < -0.39 is 11.7 Å². The lowest BCUT2D eigenvalue weighted by molar-refractivity contribution is -0.137. The lowest BCUT2D eigenvalue weighted by Crippen LogP contribution is -2.48. The van der Waals surface area contributed by atoms with Crippen LogP contribution < -0.4 is 10.6 Å². The molecule has 160 valence electrons. The molecule has 4 nitrogen and oxygen atoms in total. The monoisotopic (exact) mass is 520 g/mol. The first-order valence-electron chi connectivity index (χ1n) is 9.28. The van der Waals surface area contributed by atoms with Crippen molar-refractivity contribution in [3.05, 3.63) is 47.5 Å². The predicted octanol–water partition coefficient (Wildman–Crippen LogP) is 3.88. The van der Waals surface area contributed by atoms with E-state index in [9.17, 15) is 13.2 Å². The molecule has 1 aliphatic rings. The number of piperidine rings is 1. The first-order valence-corrected chi connectivity index (χ1v) is 9.28. The number of aliphatic imine (C=N–C) groups is 1. The molecule has 1 aromatic rings. The zero-order valence-electron chi connectivity index (χ0n) is 16.8. The maximum atomic E-state index is 12.7. The van der Waals surface area contributed by atoms with Crippen LogP contribution in [0.4, 0.5) is 13.2 Å². The van der Waals surface area contributed by atoms with E-state index in [4.69, 9.17) is 0 Å². The Labute approximate surface area is 188 Å². The van der Waals surface area contributed by atoms with E-state index >= 15 is 0 Å². The summed E-state index contributed by atoms with van der Waals surface area (Å²) in [4.78, 5) is 6.58. The van der Waals surface area contributed by atoms with Gasteiger partial charge in [0.1, 0.15) is 0 Å². The van der Waals surface area contributed by atoms with Crippen LogP contribution in [-0.4, -0.2) is 50.1 Å². The van der Waals surface area contributed by atoms with Crippen LogP contribution >= 0.6 is 24.0 Å². The Balaban J connectivity index is 0.00000420. The number of rotatable bonds is 4. The highest BCUT2D eigenvalue weighted by molar-refractivity contribution is 14.0. The second-order valence-electron chi connectivity index (χ2n) is 6.96. The minimum Gasteiger partial charge on any atom is -0.354 e. The van der Waals surface area contributed by atoms with Crippen LogP contribution in [0.1, 0.15) is 30.9 Å². The van der Waals surface area contributed by atoms with Gasteiger partial charge in [-0.2, -0.15) is 13.2 Å². The van der Waals surface area contributed by atoms with Crippen LogP contribution in [0.2, 0.25) is 0 Å². The van der Waals surface area contributed by atoms with Gasteiger partial charge in [0.05, 0.1) is 12.1 Å². The van der Waals surface area contributed by atoms with Crippen LogP contribution in [0, 0.1) is 11.8 Å². The van der Waals surface area contributed by atoms with Gasteiger partial charge in [-0.15, -0.1) is 24.0 Å². The van der Waals surface area contributed by atoms with E-state index in [-0.39, 0.29) is 24.0 Å². The number of hydrogen-bond donors (Lipinski definition) is 2. The van der Waals surface area contributed by atoms with E-state index in [1.54, 1.807) is 13.1 Å². The Morgan fingerprint density at radius 3 is 2.59 bits per heavy atom. The quantitative estimate of drug-likeness (QED) is 0.208. The summed E-state index contributed by atoms with van der Waals surface area (Å²) in [6.45, 7) is 9.25. The number of likely N-dealkylation sites (tertiary alicyclic amines) is 1. The van der Waals surface area contributed by atoms with Crippen LogP contribution in [0.15, 0.2) is 41.4 Å². The van der Waals surface area contributed by atoms with Crippen LogP contribution in [0.3, 0.4) is 0 Å². The molecule has 1 heterocycles. The lowest BCUT2D eigenvalue weighted by Gasteiger charge is -2.33. The largest absolute Gasteiger partial charge is 0.416 e. The minimum atomic E-state index is -4.36. The third-order valence-electron chi connectivity index (χ3n) is 4.41. The molecular weight excluding hydrogens is 492 g/mol. The molecule has 0 unspecified atom stereocenters. The van der Waals surface area contributed by atoms with Gasteiger partial charge in [0.15, 0.2) is 5.96 Å². The predicted molar refractivity (Wildman–Crippen MR) is 123 cm³/mol. The van der Waals surface area contributed by atoms with Gasteiger partial charge in [-0.25, -0.2) is 0 Å². The number of nitrogens with one attached hydrogen (secondary N) is 2. The van der Waals surface area contributed by atoms with Gasteiger partial charge in [-0.05, 0) is 38.0 Å². The molecule has 0 spiro atoms. The van der Waals surface area contributed by atoms with Crippen LogP contribution in [0.25, 0.3) is 0 Å². The molecular formula is C21H28F3IN4. The second-order valence-corrected chi connectivity index (χ2v) is 6.96. The molecule has 0 radical (unpaired) electrons. The fourth-order valence-corrected chi connectivity index (χ4v) is 3.05. The van der Waals surface area contributed by atoms with Crippen molar-refractivity contribution in [1.82, 2.24) is 15.5 Å². The summed E-state index contributed by atoms with van der Waals surface area (Å²) in [5.41, 5.74) is 0.815. The van der Waals surface area contributed by atoms with Crippen molar-refractivity contribution in [2.24, 2.45) is 4.99 Å². The SMILES string of the molecule is C=C(C)CN1CCC(NC(=NC)NCC#Cc2cccc(C(F)(F)F)c2)CC1.I. The Bertz CT molecular complexity index is 757. The maximum absolute atomic E-state index is 12.7. The standard InChI is InChI=1S/C21H27F3N4.HI/c1-16(2)15-28-12-9-19(10-13-28)27-20(25-3)26-11-5-7-17-6-4-8-18(14-17)21(22,23)24;/h4,6,8,14,19H,1,9-13,15H2,2-3H3,(H2,25,26,27);1H. The van der Waals surface area contributed by atoms with Gasteiger partial charge in [-0.3, -0.25) is 9.89 Å². The normalized spacial score (nSPS) is 15.7. The summed E-state index contributed by atoms with van der Waals surface area (Å²) < 4.78 is 38.2. The van der Waals surface area contributed by atoms with E-state index in [0.717, 1.165) is 44.6 Å². The molecule has 1 aliphatic heterocycles. The zero-order valence-corrected chi connectivity index (χ0v) is 19.1. The highest BCUT2D eigenvalue weighted by Crippen LogP contribution is 2.29. The number of guanidine groups is 1. The fraction of sp³-hybridized carbons (Fsp3) is 0.476. The molecule has 0 aromatic heterocycles. The average Bonchev–Trinajstić information content (AvgIpc) is 2.65. The first-order chi connectivity index (χ1) is 13.3. The van der Waals surface area contributed by atoms with Gasteiger partial charge >= 0.3 is 6.18 Å². The van der Waals surface area contributed by atoms with Crippen molar-refractivity contribution >= 4 is 29.9 Å². The fourth-order valence-electron chi connectivity index (χ4n) is 3.05.